The summed E-state index contributed by atoms with van der Waals surface area (Å²) >= 11 is 0. The molecule has 1 fully saturated rings. The molecule has 1 aliphatic carbocycles. The van der Waals surface area contributed by atoms with Crippen molar-refractivity contribution in [2.45, 2.75) is 50.3 Å². The molecule has 3 atom stereocenters. The first-order valence-electron chi connectivity index (χ1n) is 7.52. The molecule has 0 radical (unpaired) electrons. The Morgan fingerprint density at radius 3 is 3.05 bits per heavy atom. The van der Waals surface area contributed by atoms with Crippen molar-refractivity contribution in [1.29, 1.82) is 0 Å². The van der Waals surface area contributed by atoms with E-state index in [0.29, 0.717) is 18.9 Å². The summed E-state index contributed by atoms with van der Waals surface area (Å²) in [6.07, 6.45) is 3.93. The molecule has 0 aromatic heterocycles. The highest BCUT2D eigenvalue weighted by atomic mass is 16.3. The highest BCUT2D eigenvalue weighted by molar-refractivity contribution is 5.76. The van der Waals surface area contributed by atoms with Gasteiger partial charge < -0.3 is 15.7 Å². The Hall–Kier alpha value is -1.39. The van der Waals surface area contributed by atoms with Crippen molar-refractivity contribution in [3.63, 3.8) is 0 Å². The second-order valence-corrected chi connectivity index (χ2v) is 5.85. The molecule has 0 spiro atoms. The number of nitrogens with one attached hydrogen (secondary N) is 2. The van der Waals surface area contributed by atoms with Gasteiger partial charge in [0.25, 0.3) is 0 Å². The van der Waals surface area contributed by atoms with Crippen molar-refractivity contribution in [2.24, 2.45) is 0 Å². The minimum Gasteiger partial charge on any atom is -0.390 e. The number of rotatable bonds is 4. The molecule has 2 aliphatic rings. The van der Waals surface area contributed by atoms with Crippen molar-refractivity contribution in [1.82, 2.24) is 10.6 Å². The lowest BCUT2D eigenvalue weighted by Gasteiger charge is -2.18. The fourth-order valence-electron chi connectivity index (χ4n) is 3.30. The summed E-state index contributed by atoms with van der Waals surface area (Å²) in [6, 6.07) is 8.19. The zero-order valence-electron chi connectivity index (χ0n) is 11.6. The highest BCUT2D eigenvalue weighted by Gasteiger charge is 2.31. The van der Waals surface area contributed by atoms with Crippen LogP contribution in [0.5, 0.6) is 0 Å². The predicted octanol–water partition coefficient (Wildman–Crippen LogP) is 1.29. The molecule has 1 aliphatic heterocycles. The standard InChI is InChI=1S/C16H22N2O2/c19-14-10-11-4-1-2-6-13(11)16(14)18-15(20)8-7-12-5-3-9-17-12/h1-2,4,6,12,14,16-17,19H,3,5,7-10H2,(H,18,20)/t12?,14-,16+/m0/s1. The van der Waals surface area contributed by atoms with Crippen LogP contribution >= 0.6 is 0 Å². The van der Waals surface area contributed by atoms with Gasteiger partial charge in [-0.15, -0.1) is 0 Å². The lowest BCUT2D eigenvalue weighted by molar-refractivity contribution is -0.122. The first-order valence-corrected chi connectivity index (χ1v) is 7.52. The molecule has 1 amide bonds. The van der Waals surface area contributed by atoms with Gasteiger partial charge in [-0.2, -0.15) is 0 Å². The van der Waals surface area contributed by atoms with Crippen molar-refractivity contribution < 1.29 is 9.90 Å². The van der Waals surface area contributed by atoms with E-state index in [9.17, 15) is 9.90 Å². The van der Waals surface area contributed by atoms with E-state index >= 15 is 0 Å². The van der Waals surface area contributed by atoms with Crippen LogP contribution in [0.3, 0.4) is 0 Å². The van der Waals surface area contributed by atoms with Crippen molar-refractivity contribution >= 4 is 5.91 Å². The van der Waals surface area contributed by atoms with Gasteiger partial charge in [0.05, 0.1) is 12.1 Å². The van der Waals surface area contributed by atoms with Crippen LogP contribution in [0.2, 0.25) is 0 Å². The van der Waals surface area contributed by atoms with E-state index in [-0.39, 0.29) is 11.9 Å². The molecule has 3 N–H and O–H groups in total. The first-order chi connectivity index (χ1) is 9.74. The third-order valence-corrected chi connectivity index (χ3v) is 4.40. The van der Waals surface area contributed by atoms with Gasteiger partial charge in [-0.3, -0.25) is 4.79 Å². The number of aliphatic hydroxyl groups excluding tert-OH is 1. The molecule has 0 bridgehead atoms. The first kappa shape index (κ1) is 13.6. The molecule has 4 nitrogen and oxygen atoms in total. The minimum absolute atomic E-state index is 0.0412. The summed E-state index contributed by atoms with van der Waals surface area (Å²) in [5.74, 6) is 0.0412. The highest BCUT2D eigenvalue weighted by Crippen LogP contribution is 2.31. The van der Waals surface area contributed by atoms with Crippen LogP contribution in [0.25, 0.3) is 0 Å². The van der Waals surface area contributed by atoms with Crippen molar-refractivity contribution in [3.05, 3.63) is 35.4 Å². The summed E-state index contributed by atoms with van der Waals surface area (Å²) in [5.41, 5.74) is 2.20. The molecule has 1 heterocycles. The Labute approximate surface area is 119 Å². The van der Waals surface area contributed by atoms with Gasteiger partial charge in [0, 0.05) is 18.9 Å². The van der Waals surface area contributed by atoms with Gasteiger partial charge in [-0.25, -0.2) is 0 Å². The zero-order chi connectivity index (χ0) is 13.9. The summed E-state index contributed by atoms with van der Waals surface area (Å²) < 4.78 is 0. The van der Waals surface area contributed by atoms with Gasteiger partial charge in [-0.05, 0) is 36.9 Å². The number of benzene rings is 1. The van der Waals surface area contributed by atoms with E-state index in [1.54, 1.807) is 0 Å². The molecule has 20 heavy (non-hydrogen) atoms. The summed E-state index contributed by atoms with van der Waals surface area (Å²) in [6.45, 7) is 1.07. The molecular formula is C16H22N2O2. The second kappa shape index (κ2) is 5.94. The third-order valence-electron chi connectivity index (χ3n) is 4.40. The molecule has 0 saturated carbocycles. The molecule has 3 rings (SSSR count). The molecule has 108 valence electrons. The summed E-state index contributed by atoms with van der Waals surface area (Å²) in [5, 5.41) is 16.5. The quantitative estimate of drug-likeness (QED) is 0.775. The van der Waals surface area contributed by atoms with Crippen LogP contribution in [0.1, 0.15) is 42.9 Å². The van der Waals surface area contributed by atoms with E-state index in [2.05, 4.69) is 10.6 Å². The summed E-state index contributed by atoms with van der Waals surface area (Å²) in [4.78, 5) is 12.1. The number of carbonyl (C=O) groups is 1. The van der Waals surface area contributed by atoms with Gasteiger partial charge in [0.15, 0.2) is 0 Å². The molecule has 1 aromatic carbocycles. The second-order valence-electron chi connectivity index (χ2n) is 5.85. The minimum atomic E-state index is -0.499. The normalized spacial score (nSPS) is 28.4. The van der Waals surface area contributed by atoms with Crippen LogP contribution in [0.15, 0.2) is 24.3 Å². The maximum atomic E-state index is 12.1. The maximum Gasteiger partial charge on any atom is 0.220 e. The van der Waals surface area contributed by atoms with E-state index < -0.39 is 6.10 Å². The Bertz CT molecular complexity index is 483. The number of amides is 1. The number of aliphatic hydroxyl groups is 1. The van der Waals surface area contributed by atoms with Crippen LogP contribution in [0.4, 0.5) is 0 Å². The smallest absolute Gasteiger partial charge is 0.220 e. The Balaban J connectivity index is 1.55. The van der Waals surface area contributed by atoms with Gasteiger partial charge >= 0.3 is 0 Å². The molecule has 1 saturated heterocycles. The maximum absolute atomic E-state index is 12.1. The summed E-state index contributed by atoms with van der Waals surface area (Å²) in [7, 11) is 0. The fraction of sp³-hybridized carbons (Fsp3) is 0.562. The van der Waals surface area contributed by atoms with Crippen LogP contribution in [-0.4, -0.2) is 29.7 Å². The van der Waals surface area contributed by atoms with Crippen molar-refractivity contribution in [2.75, 3.05) is 6.54 Å². The third kappa shape index (κ3) is 2.86. The molecule has 1 aromatic rings. The molecule has 4 heteroatoms. The van der Waals surface area contributed by atoms with Crippen LogP contribution in [-0.2, 0) is 11.2 Å². The van der Waals surface area contributed by atoms with E-state index in [1.807, 2.05) is 24.3 Å². The molecule has 1 unspecified atom stereocenters. The number of fused-ring (bicyclic) bond motifs is 1. The topological polar surface area (TPSA) is 61.4 Å². The van der Waals surface area contributed by atoms with Gasteiger partial charge in [-0.1, -0.05) is 24.3 Å². The Kier molecular flexibility index (Phi) is 4.03. The largest absolute Gasteiger partial charge is 0.390 e. The number of hydrogen-bond donors (Lipinski definition) is 3. The lowest BCUT2D eigenvalue weighted by atomic mass is 10.1. The molecular weight excluding hydrogens is 252 g/mol. The lowest BCUT2D eigenvalue weighted by Crippen LogP contribution is -2.34. The average molecular weight is 274 g/mol. The zero-order valence-corrected chi connectivity index (χ0v) is 11.6. The Morgan fingerprint density at radius 1 is 1.40 bits per heavy atom. The van der Waals surface area contributed by atoms with Gasteiger partial charge in [0.1, 0.15) is 0 Å². The van der Waals surface area contributed by atoms with Crippen LogP contribution in [0, 0.1) is 0 Å². The SMILES string of the molecule is O=C(CCC1CCCN1)N[C@@H]1c2ccccc2C[C@@H]1O. The predicted molar refractivity (Wildman–Crippen MR) is 77.3 cm³/mol. The fourth-order valence-corrected chi connectivity index (χ4v) is 3.30. The van der Waals surface area contributed by atoms with E-state index in [0.717, 1.165) is 24.1 Å². The van der Waals surface area contributed by atoms with E-state index in [1.165, 1.54) is 12.8 Å². The number of hydrogen-bond acceptors (Lipinski definition) is 3. The van der Waals surface area contributed by atoms with E-state index in [4.69, 9.17) is 0 Å². The van der Waals surface area contributed by atoms with Gasteiger partial charge in [0.2, 0.25) is 5.91 Å². The van der Waals surface area contributed by atoms with Crippen LogP contribution < -0.4 is 10.6 Å². The van der Waals surface area contributed by atoms with Crippen molar-refractivity contribution in [3.8, 4) is 0 Å². The monoisotopic (exact) mass is 274 g/mol. The average Bonchev–Trinajstić information content (AvgIpc) is 3.06. The Morgan fingerprint density at radius 2 is 2.25 bits per heavy atom. The number of carbonyl (C=O) groups excluding carboxylic acids is 1.